The summed E-state index contributed by atoms with van der Waals surface area (Å²) in [5.41, 5.74) is 1.62. The second-order valence-corrected chi connectivity index (χ2v) is 10.3. The van der Waals surface area contributed by atoms with Crippen molar-refractivity contribution in [2.45, 2.75) is 30.5 Å². The highest BCUT2D eigenvalue weighted by atomic mass is 35.5. The molecule has 1 aromatic carbocycles. The van der Waals surface area contributed by atoms with E-state index in [1.54, 1.807) is 29.3 Å². The van der Waals surface area contributed by atoms with Gasteiger partial charge in [-0.05, 0) is 48.6 Å². The lowest BCUT2D eigenvalue weighted by Crippen LogP contribution is -2.50. The minimum absolute atomic E-state index is 0.0320. The van der Waals surface area contributed by atoms with Crippen LogP contribution in [0.5, 0.6) is 0 Å². The molecular weight excluding hydrogens is 448 g/mol. The minimum atomic E-state index is -3.76. The van der Waals surface area contributed by atoms with E-state index in [1.807, 2.05) is 6.07 Å². The molecule has 0 bridgehead atoms. The van der Waals surface area contributed by atoms with Crippen LogP contribution in [0.3, 0.4) is 0 Å². The van der Waals surface area contributed by atoms with E-state index in [9.17, 15) is 13.2 Å². The Morgan fingerprint density at radius 3 is 2.80 bits per heavy atom. The third-order valence-corrected chi connectivity index (χ3v) is 8.33. The van der Waals surface area contributed by atoms with E-state index < -0.39 is 16.1 Å². The van der Waals surface area contributed by atoms with Gasteiger partial charge in [0.15, 0.2) is 5.03 Å². The first-order chi connectivity index (χ1) is 14.4. The number of hydrogen-bond donors (Lipinski definition) is 0. The first-order valence-electron chi connectivity index (χ1n) is 9.39. The van der Waals surface area contributed by atoms with Gasteiger partial charge < -0.3 is 4.74 Å². The molecule has 3 aromatic rings. The van der Waals surface area contributed by atoms with Crippen LogP contribution in [0.15, 0.2) is 41.7 Å². The molecule has 30 heavy (non-hydrogen) atoms. The van der Waals surface area contributed by atoms with Crippen molar-refractivity contribution < 1.29 is 17.9 Å². The number of carbonyl (C=O) groups excluding carboxylic acids is 1. The zero-order valence-electron chi connectivity index (χ0n) is 15.7. The Hall–Kier alpha value is -2.27. The summed E-state index contributed by atoms with van der Waals surface area (Å²) in [7, 11) is -3.76. The fourth-order valence-corrected chi connectivity index (χ4v) is 6.47. The number of rotatable bonds is 3. The molecule has 2 aromatic heterocycles. The number of hydrogen-bond acceptors (Lipinski definition) is 7. The Balaban J connectivity index is 1.38. The van der Waals surface area contributed by atoms with Crippen molar-refractivity contribution in [2.75, 3.05) is 18.0 Å². The van der Waals surface area contributed by atoms with Crippen LogP contribution in [0.25, 0.3) is 10.1 Å². The molecule has 1 fully saturated rings. The summed E-state index contributed by atoms with van der Waals surface area (Å²) in [6.07, 6.45) is 3.61. The molecule has 5 rings (SSSR count). The number of amides is 1. The molecule has 0 N–H and O–H groups in total. The highest BCUT2D eigenvalue weighted by Gasteiger charge is 2.38. The van der Waals surface area contributed by atoms with Crippen LogP contribution >= 0.6 is 23.1 Å². The number of carbonyl (C=O) groups is 1. The molecule has 4 heterocycles. The summed E-state index contributed by atoms with van der Waals surface area (Å²) < 4.78 is 38.0. The van der Waals surface area contributed by atoms with Crippen molar-refractivity contribution in [2.24, 2.45) is 0 Å². The number of fused-ring (bicyclic) bond motifs is 2. The predicted molar refractivity (Wildman–Crippen MR) is 113 cm³/mol. The Morgan fingerprint density at radius 2 is 2.00 bits per heavy atom. The second-order valence-electron chi connectivity index (χ2n) is 7.19. The lowest BCUT2D eigenvalue weighted by molar-refractivity contribution is 0.136. The molecule has 2 aliphatic heterocycles. The molecule has 2 aliphatic rings. The topological polar surface area (TPSA) is 92.7 Å². The van der Waals surface area contributed by atoms with Crippen molar-refractivity contribution in [3.05, 3.63) is 47.2 Å². The number of piperidine rings is 1. The second kappa shape index (κ2) is 7.45. The van der Waals surface area contributed by atoms with E-state index in [4.69, 9.17) is 16.3 Å². The summed E-state index contributed by atoms with van der Waals surface area (Å²) in [6, 6.07) is 6.94. The fraction of sp³-hybridized carbons (Fsp3) is 0.316. The maximum Gasteiger partial charge on any atom is 0.414 e. The van der Waals surface area contributed by atoms with Gasteiger partial charge in [0.1, 0.15) is 6.61 Å². The zero-order chi connectivity index (χ0) is 20.9. The predicted octanol–water partition coefficient (Wildman–Crippen LogP) is 3.65. The number of benzene rings is 1. The number of pyridine rings is 1. The Morgan fingerprint density at radius 1 is 1.20 bits per heavy atom. The van der Waals surface area contributed by atoms with E-state index in [0.717, 1.165) is 16.0 Å². The fourth-order valence-electron chi connectivity index (χ4n) is 4.00. The maximum absolute atomic E-state index is 13.2. The number of halogens is 1. The van der Waals surface area contributed by atoms with Crippen molar-refractivity contribution in [3.8, 4) is 0 Å². The van der Waals surface area contributed by atoms with E-state index in [1.165, 1.54) is 22.0 Å². The number of anilines is 1. The summed E-state index contributed by atoms with van der Waals surface area (Å²) in [5, 5.41) is 1.15. The quantitative estimate of drug-likeness (QED) is 0.587. The SMILES string of the molecule is O=C1OCc2cc(Cl)ccc2N1C1CCN(S(=O)(=O)c2nccc3sncc23)CC1. The Labute approximate surface area is 182 Å². The van der Waals surface area contributed by atoms with Crippen LogP contribution in [0.1, 0.15) is 18.4 Å². The monoisotopic (exact) mass is 464 g/mol. The maximum atomic E-state index is 13.2. The number of cyclic esters (lactones) is 1. The van der Waals surface area contributed by atoms with Crippen LogP contribution in [-0.4, -0.2) is 47.3 Å². The van der Waals surface area contributed by atoms with Gasteiger partial charge in [0.05, 0.1) is 22.0 Å². The Kier molecular flexibility index (Phi) is 4.89. The molecule has 156 valence electrons. The molecule has 0 atom stereocenters. The largest absolute Gasteiger partial charge is 0.444 e. The highest BCUT2D eigenvalue weighted by molar-refractivity contribution is 7.89. The molecule has 0 aliphatic carbocycles. The van der Waals surface area contributed by atoms with Gasteiger partial charge in [-0.1, -0.05) is 11.6 Å². The summed E-state index contributed by atoms with van der Waals surface area (Å²) in [5.74, 6) is 0. The van der Waals surface area contributed by atoms with Crippen molar-refractivity contribution in [1.29, 1.82) is 0 Å². The lowest BCUT2D eigenvalue weighted by atomic mass is 10.0. The molecule has 0 spiro atoms. The molecule has 1 saturated heterocycles. The van der Waals surface area contributed by atoms with Crippen LogP contribution in [0.4, 0.5) is 10.5 Å². The molecule has 1 amide bonds. The third kappa shape index (κ3) is 3.24. The first-order valence-corrected chi connectivity index (χ1v) is 12.0. The van der Waals surface area contributed by atoms with Crippen LogP contribution in [-0.2, 0) is 21.4 Å². The minimum Gasteiger partial charge on any atom is -0.444 e. The van der Waals surface area contributed by atoms with Gasteiger partial charge in [-0.3, -0.25) is 4.90 Å². The van der Waals surface area contributed by atoms with Crippen LogP contribution in [0.2, 0.25) is 5.02 Å². The van der Waals surface area contributed by atoms with Gasteiger partial charge in [-0.2, -0.15) is 8.68 Å². The number of ether oxygens (including phenoxy) is 1. The summed E-state index contributed by atoms with van der Waals surface area (Å²) in [6.45, 7) is 0.757. The number of sulfonamides is 1. The van der Waals surface area contributed by atoms with Gasteiger partial charge in [0, 0.05) is 35.9 Å². The van der Waals surface area contributed by atoms with E-state index in [-0.39, 0.29) is 30.8 Å². The molecule has 0 radical (unpaired) electrons. The third-order valence-electron chi connectivity index (χ3n) is 5.47. The molecular formula is C19H17ClN4O4S2. The normalized spacial score (nSPS) is 18.4. The highest BCUT2D eigenvalue weighted by Crippen LogP contribution is 2.35. The first kappa shape index (κ1) is 19.7. The van der Waals surface area contributed by atoms with E-state index in [2.05, 4.69) is 9.36 Å². The lowest BCUT2D eigenvalue weighted by Gasteiger charge is -2.39. The van der Waals surface area contributed by atoms with Crippen molar-refractivity contribution in [3.63, 3.8) is 0 Å². The smallest absolute Gasteiger partial charge is 0.414 e. The van der Waals surface area contributed by atoms with Crippen LogP contribution < -0.4 is 4.90 Å². The van der Waals surface area contributed by atoms with E-state index >= 15 is 0 Å². The number of aromatic nitrogens is 2. The molecule has 0 saturated carbocycles. The van der Waals surface area contributed by atoms with Gasteiger partial charge in [-0.25, -0.2) is 18.2 Å². The zero-order valence-corrected chi connectivity index (χ0v) is 18.1. The summed E-state index contributed by atoms with van der Waals surface area (Å²) >= 11 is 7.30. The van der Waals surface area contributed by atoms with Crippen LogP contribution in [0, 0.1) is 0 Å². The average Bonchev–Trinajstić information content (AvgIpc) is 3.23. The molecule has 11 heteroatoms. The standard InChI is InChI=1S/C19H17ClN4O4S2/c20-13-1-2-16-12(9-13)11-28-19(25)24(16)14-4-7-23(8-5-14)30(26,27)18-15-10-22-29-17(15)3-6-21-18/h1-3,6,9-10,14H,4-5,7-8,11H2. The van der Waals surface area contributed by atoms with Crippen molar-refractivity contribution in [1.82, 2.24) is 13.7 Å². The van der Waals surface area contributed by atoms with E-state index in [0.29, 0.717) is 23.3 Å². The van der Waals surface area contributed by atoms with Crippen molar-refractivity contribution >= 4 is 55.0 Å². The molecule has 8 nitrogen and oxygen atoms in total. The number of nitrogens with zero attached hydrogens (tertiary/aromatic N) is 4. The average molecular weight is 465 g/mol. The van der Waals surface area contributed by atoms with Gasteiger partial charge in [-0.15, -0.1) is 0 Å². The van der Waals surface area contributed by atoms with Gasteiger partial charge >= 0.3 is 6.09 Å². The summed E-state index contributed by atoms with van der Waals surface area (Å²) in [4.78, 5) is 18.2. The van der Waals surface area contributed by atoms with Gasteiger partial charge in [0.2, 0.25) is 0 Å². The Bertz CT molecular complexity index is 1240. The molecule has 0 unspecified atom stereocenters. The van der Waals surface area contributed by atoms with Gasteiger partial charge in [0.25, 0.3) is 10.0 Å².